The molecule has 0 fully saturated rings. The fourth-order valence-electron chi connectivity index (χ4n) is 7.84. The van der Waals surface area contributed by atoms with Crippen LogP contribution in [0.25, 0.3) is 10.8 Å². The number of phenolic OH excluding ortho intramolecular Hbond substituents is 1. The molecule has 0 bridgehead atoms. The second-order valence-electron chi connectivity index (χ2n) is 16.0. The van der Waals surface area contributed by atoms with E-state index in [0.717, 1.165) is 25.7 Å². The maximum Gasteiger partial charge on any atom is 0.278 e. The number of carbonyl (C=O) groups excluding carboxylic acids is 1. The van der Waals surface area contributed by atoms with Gasteiger partial charge in [0.15, 0.2) is 0 Å². The zero-order valence-corrected chi connectivity index (χ0v) is 34.5. The van der Waals surface area contributed by atoms with Gasteiger partial charge in [0.2, 0.25) is 0 Å². The molecular weight excluding hydrogens is 657 g/mol. The topological polar surface area (TPSA) is 83.7 Å². The SMILES string of the molecule is CCCCCCCCCCCCCCCCCCN(CCCCCCCCCCCCCCCCCC)C(=O)c1cc([N+](=O)[O-])c2ccccc2c1O. The molecule has 0 radical (unpaired) electrons. The lowest BCUT2D eigenvalue weighted by Crippen LogP contribution is -2.33. The molecule has 53 heavy (non-hydrogen) atoms. The Labute approximate surface area is 325 Å². The van der Waals surface area contributed by atoms with Crippen molar-refractivity contribution in [3.8, 4) is 5.75 Å². The predicted molar refractivity (Wildman–Crippen MR) is 227 cm³/mol. The normalized spacial score (nSPS) is 11.4. The van der Waals surface area contributed by atoms with Gasteiger partial charge in [-0.3, -0.25) is 14.9 Å². The molecule has 2 rings (SSSR count). The summed E-state index contributed by atoms with van der Waals surface area (Å²) >= 11 is 0. The minimum Gasteiger partial charge on any atom is -0.506 e. The Hall–Kier alpha value is -2.63. The summed E-state index contributed by atoms with van der Waals surface area (Å²) in [6.07, 6.45) is 41.7. The number of phenols is 1. The van der Waals surface area contributed by atoms with Crippen molar-refractivity contribution in [3.05, 3.63) is 46.0 Å². The molecule has 302 valence electrons. The molecule has 0 aliphatic rings. The van der Waals surface area contributed by atoms with E-state index in [1.807, 2.05) is 4.90 Å². The first-order valence-corrected chi connectivity index (χ1v) is 22.7. The molecule has 0 spiro atoms. The maximum absolute atomic E-state index is 13.9. The molecule has 6 heteroatoms. The zero-order chi connectivity index (χ0) is 38.2. The summed E-state index contributed by atoms with van der Waals surface area (Å²) in [6, 6.07) is 8.03. The Morgan fingerprint density at radius 3 is 1.15 bits per heavy atom. The van der Waals surface area contributed by atoms with Crippen molar-refractivity contribution in [1.29, 1.82) is 0 Å². The molecule has 1 N–H and O–H groups in total. The fourth-order valence-corrected chi connectivity index (χ4v) is 7.84. The predicted octanol–water partition coefficient (Wildman–Crippen LogP) is 15.4. The number of non-ortho nitro benzene ring substituents is 1. The smallest absolute Gasteiger partial charge is 0.278 e. The van der Waals surface area contributed by atoms with Crippen LogP contribution in [0.2, 0.25) is 0 Å². The summed E-state index contributed by atoms with van der Waals surface area (Å²) < 4.78 is 0. The van der Waals surface area contributed by atoms with E-state index in [0.29, 0.717) is 23.9 Å². The Bertz CT molecular complexity index is 1180. The minimum atomic E-state index is -0.450. The van der Waals surface area contributed by atoms with Crippen molar-refractivity contribution in [2.45, 2.75) is 219 Å². The standard InChI is InChI=1S/C47H80N2O4/c1-3-5-7-9-11-13-15-17-19-21-23-25-27-29-31-35-39-48(40-36-32-30-28-26-24-22-20-18-16-14-12-10-8-6-4-2)47(51)44-41-45(49(52)53)42-37-33-34-38-43(42)46(44)50/h33-34,37-38,41,50H,3-32,35-36,39-40H2,1-2H3. The van der Waals surface area contributed by atoms with Crippen molar-refractivity contribution < 1.29 is 14.8 Å². The lowest BCUT2D eigenvalue weighted by Gasteiger charge is -2.24. The highest BCUT2D eigenvalue weighted by molar-refractivity contribution is 6.06. The summed E-state index contributed by atoms with van der Waals surface area (Å²) in [5, 5.41) is 23.8. The van der Waals surface area contributed by atoms with Gasteiger partial charge in [0.1, 0.15) is 5.75 Å². The Kier molecular flexibility index (Phi) is 27.8. The number of nitro groups is 1. The second-order valence-corrected chi connectivity index (χ2v) is 16.0. The van der Waals surface area contributed by atoms with Gasteiger partial charge in [-0.05, 0) is 18.9 Å². The van der Waals surface area contributed by atoms with Crippen molar-refractivity contribution in [1.82, 2.24) is 4.90 Å². The summed E-state index contributed by atoms with van der Waals surface area (Å²) in [7, 11) is 0. The lowest BCUT2D eigenvalue weighted by molar-refractivity contribution is -0.383. The number of carbonyl (C=O) groups is 1. The number of amides is 1. The molecule has 2 aromatic rings. The number of fused-ring (bicyclic) bond motifs is 1. The van der Waals surface area contributed by atoms with E-state index in [1.54, 1.807) is 24.3 Å². The Morgan fingerprint density at radius 2 is 0.830 bits per heavy atom. The summed E-state index contributed by atoms with van der Waals surface area (Å²) in [5.41, 5.74) is -0.0881. The number of hydrogen-bond acceptors (Lipinski definition) is 4. The minimum absolute atomic E-state index is 0.0448. The first-order chi connectivity index (χ1) is 26.0. The van der Waals surface area contributed by atoms with Gasteiger partial charge in [0.05, 0.1) is 15.9 Å². The molecule has 2 aromatic carbocycles. The number of unbranched alkanes of at least 4 members (excludes halogenated alkanes) is 30. The van der Waals surface area contributed by atoms with E-state index in [-0.39, 0.29) is 22.9 Å². The number of rotatable bonds is 36. The molecule has 0 heterocycles. The molecule has 0 atom stereocenters. The third-order valence-electron chi connectivity index (χ3n) is 11.3. The van der Waals surface area contributed by atoms with Gasteiger partial charge in [0.25, 0.3) is 11.6 Å². The number of nitro benzene ring substituents is 1. The van der Waals surface area contributed by atoms with Crippen LogP contribution < -0.4 is 0 Å². The van der Waals surface area contributed by atoms with Crippen LogP contribution in [0, 0.1) is 10.1 Å². The van der Waals surface area contributed by atoms with Gasteiger partial charge < -0.3 is 10.0 Å². The van der Waals surface area contributed by atoms with E-state index in [2.05, 4.69) is 13.8 Å². The quantitative estimate of drug-likeness (QED) is 0.0429. The number of aromatic hydroxyl groups is 1. The number of hydrogen-bond donors (Lipinski definition) is 1. The molecule has 0 aromatic heterocycles. The molecule has 0 saturated carbocycles. The van der Waals surface area contributed by atoms with Crippen LogP contribution in [0.4, 0.5) is 5.69 Å². The lowest BCUT2D eigenvalue weighted by atomic mass is 10.0. The molecule has 0 aliphatic heterocycles. The van der Waals surface area contributed by atoms with Gasteiger partial charge >= 0.3 is 0 Å². The van der Waals surface area contributed by atoms with Crippen molar-refractivity contribution >= 4 is 22.4 Å². The highest BCUT2D eigenvalue weighted by Gasteiger charge is 2.25. The van der Waals surface area contributed by atoms with Crippen LogP contribution in [0.5, 0.6) is 5.75 Å². The fraction of sp³-hybridized carbons (Fsp3) is 0.766. The van der Waals surface area contributed by atoms with Crippen LogP contribution in [0.3, 0.4) is 0 Å². The molecule has 0 unspecified atom stereocenters. The largest absolute Gasteiger partial charge is 0.506 e. The van der Waals surface area contributed by atoms with E-state index >= 15 is 0 Å². The summed E-state index contributed by atoms with van der Waals surface area (Å²) in [4.78, 5) is 27.3. The average Bonchev–Trinajstić information content (AvgIpc) is 3.16. The van der Waals surface area contributed by atoms with Gasteiger partial charge in [-0.15, -0.1) is 0 Å². The van der Waals surface area contributed by atoms with E-state index in [9.17, 15) is 20.0 Å². The molecular formula is C47H80N2O4. The van der Waals surface area contributed by atoms with Crippen molar-refractivity contribution in [2.24, 2.45) is 0 Å². The summed E-state index contributed by atoms with van der Waals surface area (Å²) in [6.45, 7) is 5.80. The van der Waals surface area contributed by atoms with Crippen LogP contribution in [-0.2, 0) is 0 Å². The number of benzene rings is 2. The van der Waals surface area contributed by atoms with Gasteiger partial charge in [-0.1, -0.05) is 225 Å². The third-order valence-corrected chi connectivity index (χ3v) is 11.3. The van der Waals surface area contributed by atoms with Crippen LogP contribution >= 0.6 is 0 Å². The van der Waals surface area contributed by atoms with Gasteiger partial charge in [-0.2, -0.15) is 0 Å². The van der Waals surface area contributed by atoms with Crippen LogP contribution in [0.1, 0.15) is 230 Å². The Balaban J connectivity index is 1.73. The van der Waals surface area contributed by atoms with Crippen LogP contribution in [-0.4, -0.2) is 33.9 Å². The third kappa shape index (κ3) is 21.2. The molecule has 0 aliphatic carbocycles. The van der Waals surface area contributed by atoms with Gasteiger partial charge in [-0.25, -0.2) is 0 Å². The Morgan fingerprint density at radius 1 is 0.528 bits per heavy atom. The average molecular weight is 737 g/mol. The second kappa shape index (κ2) is 31.7. The van der Waals surface area contributed by atoms with Crippen LogP contribution in [0.15, 0.2) is 30.3 Å². The van der Waals surface area contributed by atoms with E-state index < -0.39 is 4.92 Å². The maximum atomic E-state index is 13.9. The van der Waals surface area contributed by atoms with Crippen molar-refractivity contribution in [3.63, 3.8) is 0 Å². The van der Waals surface area contributed by atoms with Crippen molar-refractivity contribution in [2.75, 3.05) is 13.1 Å². The van der Waals surface area contributed by atoms with E-state index in [4.69, 9.17) is 0 Å². The van der Waals surface area contributed by atoms with E-state index in [1.165, 1.54) is 186 Å². The highest BCUT2D eigenvalue weighted by Crippen LogP contribution is 2.36. The first-order valence-electron chi connectivity index (χ1n) is 22.7. The highest BCUT2D eigenvalue weighted by atomic mass is 16.6. The molecule has 6 nitrogen and oxygen atoms in total. The van der Waals surface area contributed by atoms with Gasteiger partial charge in [0, 0.05) is 24.5 Å². The number of nitrogens with zero attached hydrogens (tertiary/aromatic N) is 2. The zero-order valence-electron chi connectivity index (χ0n) is 34.5. The monoisotopic (exact) mass is 737 g/mol. The molecule has 0 saturated heterocycles. The first kappa shape index (κ1) is 46.5. The summed E-state index contributed by atoms with van der Waals surface area (Å²) in [5.74, 6) is -0.446. The molecule has 1 amide bonds.